The van der Waals surface area contributed by atoms with Crippen LogP contribution in [0.1, 0.15) is 30.5 Å². The molecule has 1 aliphatic carbocycles. The Balaban J connectivity index is 2.21. The van der Waals surface area contributed by atoms with Crippen LogP contribution >= 0.6 is 0 Å². The highest BCUT2D eigenvalue weighted by Gasteiger charge is 2.37. The molecule has 0 radical (unpaired) electrons. The van der Waals surface area contributed by atoms with Gasteiger partial charge < -0.3 is 0 Å². The van der Waals surface area contributed by atoms with E-state index in [0.717, 1.165) is 5.69 Å². The molecule has 0 amide bonds. The molecule has 2 aromatic carbocycles. The van der Waals surface area contributed by atoms with Crippen LogP contribution in [0.5, 0.6) is 0 Å². The Kier molecular flexibility index (Phi) is 2.15. The number of rotatable bonds is 0. The van der Waals surface area contributed by atoms with Crippen molar-refractivity contribution in [3.63, 3.8) is 0 Å². The highest BCUT2D eigenvalue weighted by Crippen LogP contribution is 2.50. The average molecular weight is 259 g/mol. The van der Waals surface area contributed by atoms with Crippen molar-refractivity contribution in [1.29, 1.82) is 0 Å². The van der Waals surface area contributed by atoms with Gasteiger partial charge in [0.15, 0.2) is 0 Å². The van der Waals surface area contributed by atoms with Gasteiger partial charge >= 0.3 is 0 Å². The summed E-state index contributed by atoms with van der Waals surface area (Å²) < 4.78 is 0. The molecule has 1 nitrogen and oxygen atoms in total. The first-order chi connectivity index (χ1) is 9.60. The molecule has 0 aliphatic heterocycles. The van der Waals surface area contributed by atoms with Crippen LogP contribution in [0.15, 0.2) is 48.7 Å². The third kappa shape index (κ3) is 1.30. The van der Waals surface area contributed by atoms with Crippen LogP contribution in [0.25, 0.3) is 22.0 Å². The Morgan fingerprint density at radius 2 is 1.75 bits per heavy atom. The van der Waals surface area contributed by atoms with E-state index in [1.54, 1.807) is 0 Å². The van der Waals surface area contributed by atoms with Crippen LogP contribution in [-0.2, 0) is 5.41 Å². The highest BCUT2D eigenvalue weighted by molar-refractivity contribution is 5.96. The second-order valence-electron chi connectivity index (χ2n) is 6.17. The summed E-state index contributed by atoms with van der Waals surface area (Å²) in [4.78, 5) is 4.66. The third-order valence-corrected chi connectivity index (χ3v) is 4.70. The van der Waals surface area contributed by atoms with Crippen LogP contribution < -0.4 is 0 Å². The van der Waals surface area contributed by atoms with Gasteiger partial charge in [-0.3, -0.25) is 4.98 Å². The lowest BCUT2D eigenvalue weighted by molar-refractivity contribution is 0.659. The first-order valence-corrected chi connectivity index (χ1v) is 7.09. The number of aromatic nitrogens is 1. The molecule has 3 aromatic rings. The standard InChI is InChI=1S/C19H17N/c1-12-14-8-5-4-7-13(14)11-16-17(12)18-15(19(16,2)3)9-6-10-20-18/h4-11H,1-3H3. The van der Waals surface area contributed by atoms with Crippen molar-refractivity contribution in [2.75, 3.05) is 0 Å². The fourth-order valence-electron chi connectivity index (χ4n) is 3.58. The van der Waals surface area contributed by atoms with Gasteiger partial charge in [-0.2, -0.15) is 0 Å². The summed E-state index contributed by atoms with van der Waals surface area (Å²) in [5.41, 5.74) is 6.63. The minimum Gasteiger partial charge on any atom is -0.256 e. The molecule has 1 heteroatoms. The Bertz CT molecular complexity index is 844. The molecule has 1 aliphatic rings. The summed E-state index contributed by atoms with van der Waals surface area (Å²) in [6, 6.07) is 15.2. The summed E-state index contributed by atoms with van der Waals surface area (Å²) in [5.74, 6) is 0. The molecule has 0 saturated carbocycles. The second-order valence-corrected chi connectivity index (χ2v) is 6.17. The number of hydrogen-bond donors (Lipinski definition) is 0. The van der Waals surface area contributed by atoms with Crippen LogP contribution in [0.2, 0.25) is 0 Å². The maximum Gasteiger partial charge on any atom is 0.0748 e. The largest absolute Gasteiger partial charge is 0.256 e. The Morgan fingerprint density at radius 3 is 2.60 bits per heavy atom. The first-order valence-electron chi connectivity index (χ1n) is 7.09. The van der Waals surface area contributed by atoms with E-state index < -0.39 is 0 Å². The summed E-state index contributed by atoms with van der Waals surface area (Å²) in [6.07, 6.45) is 1.90. The van der Waals surface area contributed by atoms with Crippen molar-refractivity contribution in [1.82, 2.24) is 4.98 Å². The van der Waals surface area contributed by atoms with Gasteiger partial charge in [0.25, 0.3) is 0 Å². The van der Waals surface area contributed by atoms with Crippen LogP contribution in [-0.4, -0.2) is 4.98 Å². The van der Waals surface area contributed by atoms with E-state index in [1.165, 1.54) is 33.0 Å². The van der Waals surface area contributed by atoms with Crippen molar-refractivity contribution >= 4 is 10.8 Å². The Morgan fingerprint density at radius 1 is 0.950 bits per heavy atom. The molecule has 4 rings (SSSR count). The Labute approximate surface area is 119 Å². The third-order valence-electron chi connectivity index (χ3n) is 4.70. The Hall–Kier alpha value is -2.15. The molecule has 0 N–H and O–H groups in total. The quantitative estimate of drug-likeness (QED) is 0.562. The number of benzene rings is 2. The van der Waals surface area contributed by atoms with E-state index in [-0.39, 0.29) is 5.41 Å². The first kappa shape index (κ1) is 11.7. The molecule has 0 spiro atoms. The van der Waals surface area contributed by atoms with Crippen molar-refractivity contribution in [3.8, 4) is 11.3 Å². The zero-order chi connectivity index (χ0) is 13.9. The van der Waals surface area contributed by atoms with Gasteiger partial charge in [-0.15, -0.1) is 0 Å². The number of hydrogen-bond acceptors (Lipinski definition) is 1. The predicted molar refractivity (Wildman–Crippen MR) is 84.0 cm³/mol. The van der Waals surface area contributed by atoms with Gasteiger partial charge in [0.05, 0.1) is 5.69 Å². The lowest BCUT2D eigenvalue weighted by atomic mass is 9.81. The minimum atomic E-state index is 0.0354. The van der Waals surface area contributed by atoms with Gasteiger partial charge in [0, 0.05) is 17.2 Å². The fraction of sp³-hybridized carbons (Fsp3) is 0.211. The van der Waals surface area contributed by atoms with Crippen molar-refractivity contribution in [2.45, 2.75) is 26.2 Å². The molecular formula is C19H17N. The normalized spacial score (nSPS) is 15.2. The van der Waals surface area contributed by atoms with E-state index in [4.69, 9.17) is 0 Å². The van der Waals surface area contributed by atoms with E-state index in [2.05, 4.69) is 62.2 Å². The molecule has 20 heavy (non-hydrogen) atoms. The van der Waals surface area contributed by atoms with Crippen molar-refractivity contribution < 1.29 is 0 Å². The lowest BCUT2D eigenvalue weighted by Gasteiger charge is -2.21. The number of aryl methyl sites for hydroxylation is 1. The number of pyridine rings is 1. The second kappa shape index (κ2) is 3.69. The SMILES string of the molecule is Cc1c2c(cc3ccccc13)C(C)(C)c1cccnc1-2. The lowest BCUT2D eigenvalue weighted by Crippen LogP contribution is -2.15. The van der Waals surface area contributed by atoms with Crippen molar-refractivity contribution in [2.24, 2.45) is 0 Å². The summed E-state index contributed by atoms with van der Waals surface area (Å²) >= 11 is 0. The summed E-state index contributed by atoms with van der Waals surface area (Å²) in [5, 5.41) is 2.66. The van der Waals surface area contributed by atoms with Crippen LogP contribution in [0.3, 0.4) is 0 Å². The maximum absolute atomic E-state index is 4.66. The topological polar surface area (TPSA) is 12.9 Å². The highest BCUT2D eigenvalue weighted by atomic mass is 14.7. The minimum absolute atomic E-state index is 0.0354. The number of nitrogens with zero attached hydrogens (tertiary/aromatic N) is 1. The number of fused-ring (bicyclic) bond motifs is 4. The van der Waals surface area contributed by atoms with E-state index in [1.807, 2.05) is 12.3 Å². The van der Waals surface area contributed by atoms with E-state index in [9.17, 15) is 0 Å². The smallest absolute Gasteiger partial charge is 0.0748 e. The van der Waals surface area contributed by atoms with Gasteiger partial charge in [0.1, 0.15) is 0 Å². The molecule has 0 bridgehead atoms. The molecule has 0 atom stereocenters. The fourth-order valence-corrected chi connectivity index (χ4v) is 3.58. The van der Waals surface area contributed by atoms with Gasteiger partial charge in [-0.05, 0) is 46.5 Å². The molecule has 0 saturated heterocycles. The molecule has 1 heterocycles. The molecule has 0 fully saturated rings. The van der Waals surface area contributed by atoms with Crippen LogP contribution in [0.4, 0.5) is 0 Å². The molecule has 1 aromatic heterocycles. The molecular weight excluding hydrogens is 242 g/mol. The van der Waals surface area contributed by atoms with Crippen molar-refractivity contribution in [3.05, 3.63) is 65.4 Å². The zero-order valence-corrected chi connectivity index (χ0v) is 12.1. The summed E-state index contributed by atoms with van der Waals surface area (Å²) in [7, 11) is 0. The van der Waals surface area contributed by atoms with Gasteiger partial charge in [0.2, 0.25) is 0 Å². The monoisotopic (exact) mass is 259 g/mol. The van der Waals surface area contributed by atoms with Gasteiger partial charge in [-0.1, -0.05) is 44.2 Å². The van der Waals surface area contributed by atoms with Crippen LogP contribution in [0, 0.1) is 6.92 Å². The molecule has 98 valence electrons. The van der Waals surface area contributed by atoms with E-state index in [0.29, 0.717) is 0 Å². The van der Waals surface area contributed by atoms with E-state index >= 15 is 0 Å². The predicted octanol–water partition coefficient (Wildman–Crippen LogP) is 4.85. The average Bonchev–Trinajstić information content (AvgIpc) is 2.69. The zero-order valence-electron chi connectivity index (χ0n) is 12.1. The van der Waals surface area contributed by atoms with Gasteiger partial charge in [-0.25, -0.2) is 0 Å². The maximum atomic E-state index is 4.66. The summed E-state index contributed by atoms with van der Waals surface area (Å²) in [6.45, 7) is 6.82. The molecule has 0 unspecified atom stereocenters.